The molecule has 2 N–H and O–H groups in total. The summed E-state index contributed by atoms with van der Waals surface area (Å²) in [6.07, 6.45) is 4.25. The van der Waals surface area contributed by atoms with E-state index in [-0.39, 0.29) is 0 Å². The lowest BCUT2D eigenvalue weighted by Crippen LogP contribution is -2.37. The normalized spacial score (nSPS) is 18.2. The van der Waals surface area contributed by atoms with Crippen LogP contribution < -0.4 is 10.6 Å². The molecule has 1 heterocycles. The van der Waals surface area contributed by atoms with E-state index in [0.29, 0.717) is 11.5 Å². The molecule has 0 aliphatic carbocycles. The molecule has 5 heteroatoms. The highest BCUT2D eigenvalue weighted by molar-refractivity contribution is 7.80. The molecule has 1 aromatic carbocycles. The molecular formula is C18H26N4S. The summed E-state index contributed by atoms with van der Waals surface area (Å²) >= 11 is 5.32. The van der Waals surface area contributed by atoms with Crippen LogP contribution in [0.5, 0.6) is 0 Å². The molecule has 1 fully saturated rings. The van der Waals surface area contributed by atoms with Crippen LogP contribution in [0.4, 0.5) is 5.69 Å². The first-order chi connectivity index (χ1) is 11.2. The number of nitriles is 1. The van der Waals surface area contributed by atoms with Crippen LogP contribution in [-0.4, -0.2) is 36.2 Å². The van der Waals surface area contributed by atoms with Crippen molar-refractivity contribution in [3.63, 3.8) is 0 Å². The molecule has 0 spiro atoms. The van der Waals surface area contributed by atoms with Crippen molar-refractivity contribution in [1.82, 2.24) is 10.2 Å². The summed E-state index contributed by atoms with van der Waals surface area (Å²) in [7, 11) is 0. The Labute approximate surface area is 144 Å². The average molecular weight is 331 g/mol. The standard InChI is InChI=1S/C18H26N4S/c1-15-4-2-12-22(14-15)13-3-11-20-18(23)21-17-7-5-16(6-8-17)9-10-19/h5-8,15H,2-4,9,11-14H2,1H3,(H2,20,21,23)/t15-/m1/s1. The Morgan fingerprint density at radius 3 is 2.87 bits per heavy atom. The summed E-state index contributed by atoms with van der Waals surface area (Å²) in [5.41, 5.74) is 1.97. The van der Waals surface area contributed by atoms with Gasteiger partial charge >= 0.3 is 0 Å². The molecule has 1 aromatic rings. The predicted octanol–water partition coefficient (Wildman–Crippen LogP) is 3.16. The zero-order valence-electron chi connectivity index (χ0n) is 13.8. The molecule has 0 radical (unpaired) electrons. The molecule has 0 unspecified atom stereocenters. The highest BCUT2D eigenvalue weighted by Gasteiger charge is 2.15. The number of benzene rings is 1. The number of piperidine rings is 1. The lowest BCUT2D eigenvalue weighted by Gasteiger charge is -2.30. The molecule has 23 heavy (non-hydrogen) atoms. The molecule has 0 bridgehead atoms. The van der Waals surface area contributed by atoms with Crippen molar-refractivity contribution < 1.29 is 0 Å². The van der Waals surface area contributed by atoms with Crippen molar-refractivity contribution in [1.29, 1.82) is 5.26 Å². The van der Waals surface area contributed by atoms with Crippen molar-refractivity contribution >= 4 is 23.0 Å². The minimum Gasteiger partial charge on any atom is -0.362 e. The third kappa shape index (κ3) is 6.55. The smallest absolute Gasteiger partial charge is 0.170 e. The summed E-state index contributed by atoms with van der Waals surface area (Å²) in [5.74, 6) is 0.837. The van der Waals surface area contributed by atoms with E-state index in [4.69, 9.17) is 17.5 Å². The van der Waals surface area contributed by atoms with Crippen LogP contribution in [0.1, 0.15) is 31.7 Å². The molecule has 124 valence electrons. The number of hydrogen-bond donors (Lipinski definition) is 2. The molecule has 2 rings (SSSR count). The fourth-order valence-electron chi connectivity index (χ4n) is 2.97. The predicted molar refractivity (Wildman–Crippen MR) is 99.4 cm³/mol. The van der Waals surface area contributed by atoms with Crippen molar-refractivity contribution in [3.05, 3.63) is 29.8 Å². The van der Waals surface area contributed by atoms with Crippen LogP contribution >= 0.6 is 12.2 Å². The maximum absolute atomic E-state index is 8.66. The Morgan fingerprint density at radius 2 is 2.17 bits per heavy atom. The number of nitrogens with one attached hydrogen (secondary N) is 2. The zero-order chi connectivity index (χ0) is 16.5. The van der Waals surface area contributed by atoms with Crippen LogP contribution in [0.25, 0.3) is 0 Å². The van der Waals surface area contributed by atoms with Crippen molar-refractivity contribution in [2.75, 3.05) is 31.5 Å². The summed E-state index contributed by atoms with van der Waals surface area (Å²) in [5, 5.41) is 15.8. The first-order valence-electron chi connectivity index (χ1n) is 8.40. The van der Waals surface area contributed by atoms with Gasteiger partial charge in [0.05, 0.1) is 12.5 Å². The van der Waals surface area contributed by atoms with E-state index < -0.39 is 0 Å². The van der Waals surface area contributed by atoms with Crippen molar-refractivity contribution in [3.8, 4) is 6.07 Å². The monoisotopic (exact) mass is 330 g/mol. The second-order valence-electron chi connectivity index (χ2n) is 6.31. The second-order valence-corrected chi connectivity index (χ2v) is 6.72. The Bertz CT molecular complexity index is 535. The molecule has 0 amide bonds. The average Bonchev–Trinajstić information content (AvgIpc) is 2.54. The van der Waals surface area contributed by atoms with Gasteiger partial charge in [-0.15, -0.1) is 0 Å². The Hall–Kier alpha value is -1.64. The fourth-order valence-corrected chi connectivity index (χ4v) is 3.19. The van der Waals surface area contributed by atoms with Crippen LogP contribution in [0, 0.1) is 17.2 Å². The largest absolute Gasteiger partial charge is 0.362 e. The Balaban J connectivity index is 1.62. The van der Waals surface area contributed by atoms with E-state index >= 15 is 0 Å². The van der Waals surface area contributed by atoms with E-state index in [1.54, 1.807) is 0 Å². The van der Waals surface area contributed by atoms with Crippen molar-refractivity contribution in [2.45, 2.75) is 32.6 Å². The van der Waals surface area contributed by atoms with Gasteiger partial charge in [-0.3, -0.25) is 0 Å². The number of rotatable bonds is 6. The topological polar surface area (TPSA) is 51.1 Å². The Morgan fingerprint density at radius 1 is 1.39 bits per heavy atom. The summed E-state index contributed by atoms with van der Waals surface area (Å²) in [4.78, 5) is 2.56. The molecule has 1 aliphatic heterocycles. The molecule has 0 aromatic heterocycles. The van der Waals surface area contributed by atoms with Crippen LogP contribution in [-0.2, 0) is 6.42 Å². The van der Waals surface area contributed by atoms with Gasteiger partial charge in [-0.1, -0.05) is 19.1 Å². The maximum Gasteiger partial charge on any atom is 0.170 e. The van der Waals surface area contributed by atoms with E-state index in [2.05, 4.69) is 28.5 Å². The molecule has 0 saturated carbocycles. The van der Waals surface area contributed by atoms with Gasteiger partial charge in [0.2, 0.25) is 0 Å². The lowest BCUT2D eigenvalue weighted by atomic mass is 10.0. The SMILES string of the molecule is C[C@@H]1CCCN(CCCNC(=S)Nc2ccc(CC#N)cc2)C1. The van der Waals surface area contributed by atoms with Gasteiger partial charge in [0.15, 0.2) is 5.11 Å². The number of anilines is 1. The lowest BCUT2D eigenvalue weighted by molar-refractivity contribution is 0.182. The summed E-state index contributed by atoms with van der Waals surface area (Å²) in [6.45, 7) is 6.84. The van der Waals surface area contributed by atoms with Gasteiger partial charge in [-0.05, 0) is 68.2 Å². The zero-order valence-corrected chi connectivity index (χ0v) is 14.7. The van der Waals surface area contributed by atoms with Crippen LogP contribution in [0.2, 0.25) is 0 Å². The molecular weight excluding hydrogens is 304 g/mol. The highest BCUT2D eigenvalue weighted by Crippen LogP contribution is 2.15. The van der Waals surface area contributed by atoms with E-state index in [0.717, 1.165) is 36.7 Å². The van der Waals surface area contributed by atoms with Gasteiger partial charge in [-0.2, -0.15) is 5.26 Å². The quantitative estimate of drug-likeness (QED) is 0.620. The third-order valence-electron chi connectivity index (χ3n) is 4.17. The van der Waals surface area contributed by atoms with Gasteiger partial charge in [0.1, 0.15) is 0 Å². The summed E-state index contributed by atoms with van der Waals surface area (Å²) in [6, 6.07) is 9.95. The van der Waals surface area contributed by atoms with Crippen molar-refractivity contribution in [2.24, 2.45) is 5.92 Å². The fraction of sp³-hybridized carbons (Fsp3) is 0.556. The van der Waals surface area contributed by atoms with Crippen LogP contribution in [0.3, 0.4) is 0 Å². The van der Waals surface area contributed by atoms with E-state index in [1.165, 1.54) is 25.9 Å². The Kier molecular flexibility index (Phi) is 7.31. The highest BCUT2D eigenvalue weighted by atomic mass is 32.1. The minimum atomic E-state index is 0.443. The van der Waals surface area contributed by atoms with Gasteiger partial charge in [0.25, 0.3) is 0 Å². The maximum atomic E-state index is 8.66. The number of thiocarbonyl (C=S) groups is 1. The first-order valence-corrected chi connectivity index (χ1v) is 8.81. The number of hydrogen-bond acceptors (Lipinski definition) is 3. The van der Waals surface area contributed by atoms with Gasteiger partial charge in [-0.25, -0.2) is 0 Å². The minimum absolute atomic E-state index is 0.443. The molecule has 1 atom stereocenters. The number of nitrogens with zero attached hydrogens (tertiary/aromatic N) is 2. The first kappa shape index (κ1) is 17.7. The van der Waals surface area contributed by atoms with Crippen LogP contribution in [0.15, 0.2) is 24.3 Å². The summed E-state index contributed by atoms with van der Waals surface area (Å²) < 4.78 is 0. The molecule has 1 aliphatic rings. The molecule has 4 nitrogen and oxygen atoms in total. The van der Waals surface area contributed by atoms with Gasteiger partial charge < -0.3 is 15.5 Å². The molecule has 1 saturated heterocycles. The second kappa shape index (κ2) is 9.49. The van der Waals surface area contributed by atoms with E-state index in [9.17, 15) is 0 Å². The van der Waals surface area contributed by atoms with E-state index in [1.807, 2.05) is 24.3 Å². The number of likely N-dealkylation sites (tertiary alicyclic amines) is 1. The third-order valence-corrected chi connectivity index (χ3v) is 4.42. The van der Waals surface area contributed by atoms with Gasteiger partial charge in [0, 0.05) is 18.8 Å².